The molecular weight excluding hydrogens is 322 g/mol. The largest absolute Gasteiger partial charge is 0.354 e. The normalized spacial score (nSPS) is 11.0. The van der Waals surface area contributed by atoms with Crippen LogP contribution in [0.2, 0.25) is 0 Å². The van der Waals surface area contributed by atoms with Crippen LogP contribution in [0.3, 0.4) is 0 Å². The number of fused-ring (bicyclic) bond motifs is 1. The summed E-state index contributed by atoms with van der Waals surface area (Å²) in [5.41, 5.74) is 5.54. The van der Waals surface area contributed by atoms with Crippen LogP contribution in [0, 0.1) is 27.7 Å². The van der Waals surface area contributed by atoms with Gasteiger partial charge in [0.1, 0.15) is 5.69 Å². The molecule has 0 aliphatic carbocycles. The number of Topliss-reactive ketones (excluding diaryl/α,β-unsaturated/α-hetero) is 1. The fourth-order valence-corrected chi connectivity index (χ4v) is 4.13. The first kappa shape index (κ1) is 16.4. The number of aromatic amines is 1. The Morgan fingerprint density at radius 1 is 1.17 bits per heavy atom. The molecule has 0 unspecified atom stereocenters. The van der Waals surface area contributed by atoms with Crippen LogP contribution in [-0.2, 0) is 0 Å². The van der Waals surface area contributed by atoms with Crippen molar-refractivity contribution < 1.29 is 9.59 Å². The van der Waals surface area contributed by atoms with Crippen molar-refractivity contribution in [2.45, 2.75) is 34.6 Å². The van der Waals surface area contributed by atoms with Gasteiger partial charge in [-0.05, 0) is 57.4 Å². The number of thiazole rings is 1. The Balaban J connectivity index is 1.94. The van der Waals surface area contributed by atoms with Crippen LogP contribution in [0.25, 0.3) is 10.2 Å². The standard InChI is InChI=1S/C18H19N3O2S/c1-8-6-9(2)15-13(7-8)24-18(20-15)21-17(23)16-10(3)14(12(5)22)11(4)19-16/h6-7,19H,1-5H3,(H,20,21,23). The van der Waals surface area contributed by atoms with E-state index in [1.54, 1.807) is 13.8 Å². The molecule has 1 aromatic carbocycles. The van der Waals surface area contributed by atoms with E-state index in [1.807, 2.05) is 13.8 Å². The van der Waals surface area contributed by atoms with Crippen LogP contribution >= 0.6 is 11.3 Å². The minimum Gasteiger partial charge on any atom is -0.354 e. The van der Waals surface area contributed by atoms with Gasteiger partial charge in [-0.2, -0.15) is 0 Å². The van der Waals surface area contributed by atoms with E-state index in [0.29, 0.717) is 27.6 Å². The van der Waals surface area contributed by atoms with Crippen molar-refractivity contribution in [3.05, 3.63) is 45.8 Å². The number of hydrogen-bond donors (Lipinski definition) is 2. The third-order valence-corrected chi connectivity index (χ3v) is 4.98. The van der Waals surface area contributed by atoms with Crippen LogP contribution in [0.4, 0.5) is 5.13 Å². The van der Waals surface area contributed by atoms with Crippen LogP contribution in [0.15, 0.2) is 12.1 Å². The van der Waals surface area contributed by atoms with Crippen molar-refractivity contribution in [3.8, 4) is 0 Å². The molecule has 0 bridgehead atoms. The number of carbonyl (C=O) groups excluding carboxylic acids is 2. The number of nitrogens with one attached hydrogen (secondary N) is 2. The average molecular weight is 341 g/mol. The maximum atomic E-state index is 12.6. The third kappa shape index (κ3) is 2.73. The van der Waals surface area contributed by atoms with Crippen molar-refractivity contribution in [1.82, 2.24) is 9.97 Å². The van der Waals surface area contributed by atoms with Gasteiger partial charge in [-0.3, -0.25) is 14.9 Å². The second-order valence-electron chi connectivity index (χ2n) is 6.08. The lowest BCUT2D eigenvalue weighted by molar-refractivity contribution is 0.101. The summed E-state index contributed by atoms with van der Waals surface area (Å²) in [4.78, 5) is 31.8. The molecule has 0 atom stereocenters. The maximum absolute atomic E-state index is 12.6. The Labute approximate surface area is 144 Å². The summed E-state index contributed by atoms with van der Waals surface area (Å²) in [6.45, 7) is 9.13. The lowest BCUT2D eigenvalue weighted by Crippen LogP contribution is -2.13. The molecule has 0 fully saturated rings. The van der Waals surface area contributed by atoms with Gasteiger partial charge < -0.3 is 4.98 Å². The number of ketones is 1. The van der Waals surface area contributed by atoms with Crippen molar-refractivity contribution in [3.63, 3.8) is 0 Å². The number of aryl methyl sites for hydroxylation is 3. The number of nitrogens with zero attached hydrogens (tertiary/aromatic N) is 1. The van der Waals surface area contributed by atoms with Gasteiger partial charge in [-0.1, -0.05) is 17.4 Å². The second kappa shape index (κ2) is 5.87. The lowest BCUT2D eigenvalue weighted by atomic mass is 10.1. The molecule has 2 heterocycles. The van der Waals surface area contributed by atoms with Crippen molar-refractivity contribution in [1.29, 1.82) is 0 Å². The Kier molecular flexibility index (Phi) is 4.01. The molecule has 0 aliphatic rings. The third-order valence-electron chi connectivity index (χ3n) is 4.07. The van der Waals surface area contributed by atoms with Gasteiger partial charge in [0, 0.05) is 11.3 Å². The van der Waals surface area contributed by atoms with Crippen molar-refractivity contribution in [2.24, 2.45) is 0 Å². The number of benzene rings is 1. The second-order valence-corrected chi connectivity index (χ2v) is 7.11. The summed E-state index contributed by atoms with van der Waals surface area (Å²) in [5, 5.41) is 3.40. The summed E-state index contributed by atoms with van der Waals surface area (Å²) in [6.07, 6.45) is 0. The highest BCUT2D eigenvalue weighted by molar-refractivity contribution is 7.22. The minimum absolute atomic E-state index is 0.0496. The molecule has 2 N–H and O–H groups in total. The Morgan fingerprint density at radius 2 is 1.88 bits per heavy atom. The Bertz CT molecular complexity index is 982. The van der Waals surface area contributed by atoms with Gasteiger partial charge in [-0.25, -0.2) is 4.98 Å². The molecule has 3 rings (SSSR count). The van der Waals surface area contributed by atoms with Gasteiger partial charge >= 0.3 is 0 Å². The highest BCUT2D eigenvalue weighted by atomic mass is 32.1. The molecule has 0 saturated carbocycles. The molecule has 3 aromatic rings. The molecule has 2 aromatic heterocycles. The van der Waals surface area contributed by atoms with E-state index in [1.165, 1.54) is 23.8 Å². The number of hydrogen-bond acceptors (Lipinski definition) is 4. The number of anilines is 1. The SMILES string of the molecule is CC(=O)c1c(C)[nH]c(C(=O)Nc2nc3c(C)cc(C)cc3s2)c1C. The molecule has 0 saturated heterocycles. The van der Waals surface area contributed by atoms with E-state index in [-0.39, 0.29) is 11.7 Å². The predicted octanol–water partition coefficient (Wildman–Crippen LogP) is 4.31. The van der Waals surface area contributed by atoms with E-state index in [2.05, 4.69) is 27.4 Å². The molecule has 0 aliphatic heterocycles. The molecule has 1 amide bonds. The topological polar surface area (TPSA) is 74.8 Å². The lowest BCUT2D eigenvalue weighted by Gasteiger charge is -2.01. The average Bonchev–Trinajstić information content (AvgIpc) is 2.99. The van der Waals surface area contributed by atoms with Gasteiger partial charge in [0.2, 0.25) is 0 Å². The fraction of sp³-hybridized carbons (Fsp3) is 0.278. The van der Waals surface area contributed by atoms with Gasteiger partial charge in [0.05, 0.1) is 10.2 Å². The monoisotopic (exact) mass is 341 g/mol. The molecular formula is C18H19N3O2S. The number of carbonyl (C=O) groups is 2. The summed E-state index contributed by atoms with van der Waals surface area (Å²) < 4.78 is 1.05. The molecule has 24 heavy (non-hydrogen) atoms. The van der Waals surface area contributed by atoms with Crippen LogP contribution in [0.1, 0.15) is 50.2 Å². The highest BCUT2D eigenvalue weighted by Crippen LogP contribution is 2.30. The van der Waals surface area contributed by atoms with Crippen molar-refractivity contribution >= 4 is 38.4 Å². The van der Waals surface area contributed by atoms with Gasteiger partial charge in [0.25, 0.3) is 5.91 Å². The number of amides is 1. The molecule has 6 heteroatoms. The molecule has 124 valence electrons. The van der Waals surface area contributed by atoms with E-state index in [9.17, 15) is 9.59 Å². The zero-order valence-corrected chi connectivity index (χ0v) is 15.1. The first-order chi connectivity index (χ1) is 11.3. The number of aromatic nitrogens is 2. The first-order valence-corrected chi connectivity index (χ1v) is 8.48. The minimum atomic E-state index is -0.281. The zero-order chi connectivity index (χ0) is 17.6. The highest BCUT2D eigenvalue weighted by Gasteiger charge is 2.20. The smallest absolute Gasteiger partial charge is 0.274 e. The molecule has 5 nitrogen and oxygen atoms in total. The summed E-state index contributed by atoms with van der Waals surface area (Å²) in [5.74, 6) is -0.331. The Hall–Kier alpha value is -2.47. The number of rotatable bonds is 3. The van der Waals surface area contributed by atoms with Crippen LogP contribution < -0.4 is 5.32 Å². The molecule has 0 radical (unpaired) electrons. The van der Waals surface area contributed by atoms with E-state index < -0.39 is 0 Å². The van der Waals surface area contributed by atoms with E-state index >= 15 is 0 Å². The van der Waals surface area contributed by atoms with Crippen LogP contribution in [0.5, 0.6) is 0 Å². The summed E-state index contributed by atoms with van der Waals surface area (Å²) in [6, 6.07) is 4.14. The van der Waals surface area contributed by atoms with Gasteiger partial charge in [0.15, 0.2) is 10.9 Å². The van der Waals surface area contributed by atoms with Gasteiger partial charge in [-0.15, -0.1) is 0 Å². The maximum Gasteiger partial charge on any atom is 0.274 e. The zero-order valence-electron chi connectivity index (χ0n) is 14.3. The summed E-state index contributed by atoms with van der Waals surface area (Å²) in [7, 11) is 0. The fourth-order valence-electron chi connectivity index (χ4n) is 3.09. The van der Waals surface area contributed by atoms with E-state index in [0.717, 1.165) is 15.8 Å². The predicted molar refractivity (Wildman–Crippen MR) is 97.3 cm³/mol. The first-order valence-electron chi connectivity index (χ1n) is 7.67. The number of H-pyrrole nitrogens is 1. The summed E-state index contributed by atoms with van der Waals surface area (Å²) >= 11 is 1.45. The van der Waals surface area contributed by atoms with Crippen LogP contribution in [-0.4, -0.2) is 21.7 Å². The van der Waals surface area contributed by atoms with Crippen molar-refractivity contribution in [2.75, 3.05) is 5.32 Å². The molecule has 0 spiro atoms. The quantitative estimate of drug-likeness (QED) is 0.697. The Morgan fingerprint density at radius 3 is 2.50 bits per heavy atom. The van der Waals surface area contributed by atoms with E-state index in [4.69, 9.17) is 0 Å².